The van der Waals surface area contributed by atoms with Gasteiger partial charge in [0.15, 0.2) is 5.03 Å². The second-order valence-corrected chi connectivity index (χ2v) is 7.42. The molecule has 1 aliphatic rings. The van der Waals surface area contributed by atoms with Crippen LogP contribution in [0.5, 0.6) is 0 Å². The maximum absolute atomic E-state index is 12.6. The summed E-state index contributed by atoms with van der Waals surface area (Å²) in [5.41, 5.74) is 0. The molecule has 0 spiro atoms. The van der Waals surface area contributed by atoms with E-state index in [0.717, 1.165) is 25.8 Å². The van der Waals surface area contributed by atoms with Gasteiger partial charge in [0.05, 0.1) is 11.2 Å². The summed E-state index contributed by atoms with van der Waals surface area (Å²) < 4.78 is 28.0. The molecule has 1 N–H and O–H groups in total. The number of hydrogen-bond donors (Lipinski definition) is 1. The Labute approximate surface area is 125 Å². The quantitative estimate of drug-likeness (QED) is 0.881. The van der Waals surface area contributed by atoms with Crippen molar-refractivity contribution in [3.8, 4) is 0 Å². The molecular formula is C12H21ClN4O2S. The molecule has 1 fully saturated rings. The SMILES string of the molecule is CNCCC1CCN(S(=O)(=O)c2c(Cl)cnn2C)CC1. The van der Waals surface area contributed by atoms with Crippen LogP contribution in [-0.2, 0) is 17.1 Å². The fourth-order valence-electron chi connectivity index (χ4n) is 2.60. The van der Waals surface area contributed by atoms with E-state index in [2.05, 4.69) is 10.4 Å². The Bertz CT molecular complexity index is 530. The van der Waals surface area contributed by atoms with Crippen molar-refractivity contribution in [2.24, 2.45) is 13.0 Å². The second kappa shape index (κ2) is 6.43. The van der Waals surface area contributed by atoms with Crippen molar-refractivity contribution in [3.05, 3.63) is 11.2 Å². The van der Waals surface area contributed by atoms with Gasteiger partial charge in [-0.3, -0.25) is 4.68 Å². The number of sulfonamides is 1. The summed E-state index contributed by atoms with van der Waals surface area (Å²) in [6.07, 6.45) is 4.26. The average molecular weight is 321 g/mol. The summed E-state index contributed by atoms with van der Waals surface area (Å²) in [4.78, 5) is 0. The number of aromatic nitrogens is 2. The van der Waals surface area contributed by atoms with Crippen LogP contribution in [-0.4, -0.2) is 49.2 Å². The van der Waals surface area contributed by atoms with E-state index in [1.54, 1.807) is 7.05 Å². The fourth-order valence-corrected chi connectivity index (χ4v) is 4.67. The van der Waals surface area contributed by atoms with Crippen molar-refractivity contribution in [3.63, 3.8) is 0 Å². The molecule has 1 saturated heterocycles. The number of piperidine rings is 1. The number of nitrogens with zero attached hydrogens (tertiary/aromatic N) is 3. The molecule has 2 heterocycles. The number of rotatable bonds is 5. The van der Waals surface area contributed by atoms with Gasteiger partial charge in [-0.05, 0) is 38.8 Å². The van der Waals surface area contributed by atoms with Crippen LogP contribution in [0.1, 0.15) is 19.3 Å². The Balaban J connectivity index is 2.06. The molecule has 0 unspecified atom stereocenters. The van der Waals surface area contributed by atoms with E-state index in [9.17, 15) is 8.42 Å². The van der Waals surface area contributed by atoms with Gasteiger partial charge >= 0.3 is 0 Å². The second-order valence-electron chi connectivity index (χ2n) is 5.16. The first-order chi connectivity index (χ1) is 9.46. The van der Waals surface area contributed by atoms with Gasteiger partial charge in [0.1, 0.15) is 0 Å². The van der Waals surface area contributed by atoms with E-state index in [4.69, 9.17) is 11.6 Å². The van der Waals surface area contributed by atoms with Gasteiger partial charge in [0, 0.05) is 20.1 Å². The lowest BCUT2D eigenvalue weighted by molar-refractivity contribution is 0.262. The summed E-state index contributed by atoms with van der Waals surface area (Å²) in [5, 5.41) is 7.31. The third-order valence-electron chi connectivity index (χ3n) is 3.80. The maximum atomic E-state index is 12.6. The molecule has 0 amide bonds. The maximum Gasteiger partial charge on any atom is 0.261 e. The van der Waals surface area contributed by atoms with E-state index in [-0.39, 0.29) is 10.0 Å². The van der Waals surface area contributed by atoms with Crippen LogP contribution >= 0.6 is 11.6 Å². The predicted molar refractivity (Wildman–Crippen MR) is 78.2 cm³/mol. The molecule has 1 aromatic heterocycles. The van der Waals surface area contributed by atoms with Crippen molar-refractivity contribution < 1.29 is 8.42 Å². The molecule has 1 aliphatic heterocycles. The van der Waals surface area contributed by atoms with Gasteiger partial charge < -0.3 is 5.32 Å². The third-order valence-corrected chi connectivity index (χ3v) is 6.21. The zero-order chi connectivity index (χ0) is 14.8. The highest BCUT2D eigenvalue weighted by atomic mass is 35.5. The number of halogens is 1. The highest BCUT2D eigenvalue weighted by molar-refractivity contribution is 7.89. The van der Waals surface area contributed by atoms with Crippen LogP contribution in [0, 0.1) is 5.92 Å². The number of nitrogens with one attached hydrogen (secondary N) is 1. The van der Waals surface area contributed by atoms with E-state index in [1.807, 2.05) is 7.05 Å². The summed E-state index contributed by atoms with van der Waals surface area (Å²) in [5.74, 6) is 0.593. The van der Waals surface area contributed by atoms with Crippen molar-refractivity contribution in [1.29, 1.82) is 0 Å². The first kappa shape index (κ1) is 15.8. The van der Waals surface area contributed by atoms with Gasteiger partial charge in [-0.2, -0.15) is 9.40 Å². The minimum Gasteiger partial charge on any atom is -0.320 e. The summed E-state index contributed by atoms with van der Waals surface area (Å²) in [6, 6.07) is 0. The largest absolute Gasteiger partial charge is 0.320 e. The molecule has 0 bridgehead atoms. The monoisotopic (exact) mass is 320 g/mol. The zero-order valence-corrected chi connectivity index (χ0v) is 13.4. The standard InChI is InChI=1S/C12H21ClN4O2S/c1-14-6-3-10-4-7-17(8-5-10)20(18,19)12-11(13)9-15-16(12)2/h9-10,14H,3-8H2,1-2H3. The molecule has 8 heteroatoms. The Hall–Kier alpha value is -0.630. The normalized spacial score (nSPS) is 18.6. The minimum atomic E-state index is -3.54. The van der Waals surface area contributed by atoms with Gasteiger partial charge in [0.25, 0.3) is 10.0 Å². The zero-order valence-electron chi connectivity index (χ0n) is 11.8. The number of hydrogen-bond acceptors (Lipinski definition) is 4. The molecule has 1 aromatic rings. The first-order valence-electron chi connectivity index (χ1n) is 6.79. The van der Waals surface area contributed by atoms with Crippen LogP contribution in [0.3, 0.4) is 0 Å². The van der Waals surface area contributed by atoms with Crippen molar-refractivity contribution in [2.75, 3.05) is 26.7 Å². The van der Waals surface area contributed by atoms with Crippen molar-refractivity contribution in [1.82, 2.24) is 19.4 Å². The molecule has 6 nitrogen and oxygen atoms in total. The van der Waals surface area contributed by atoms with Crippen LogP contribution in [0.4, 0.5) is 0 Å². The van der Waals surface area contributed by atoms with Crippen LogP contribution in [0.15, 0.2) is 11.2 Å². The van der Waals surface area contributed by atoms with E-state index in [0.29, 0.717) is 19.0 Å². The molecular weight excluding hydrogens is 300 g/mol. The molecule has 0 radical (unpaired) electrons. The molecule has 0 aromatic carbocycles. The van der Waals surface area contributed by atoms with Crippen LogP contribution < -0.4 is 5.32 Å². The van der Waals surface area contributed by atoms with Crippen LogP contribution in [0.2, 0.25) is 5.02 Å². The fraction of sp³-hybridized carbons (Fsp3) is 0.750. The molecule has 0 saturated carbocycles. The van der Waals surface area contributed by atoms with Gasteiger partial charge in [-0.1, -0.05) is 11.6 Å². The predicted octanol–water partition coefficient (Wildman–Crippen LogP) is 1.08. The first-order valence-corrected chi connectivity index (χ1v) is 8.61. The third kappa shape index (κ3) is 3.16. The van der Waals surface area contributed by atoms with Crippen LogP contribution in [0.25, 0.3) is 0 Å². The van der Waals surface area contributed by atoms with Gasteiger partial charge in [-0.15, -0.1) is 0 Å². The highest BCUT2D eigenvalue weighted by Gasteiger charge is 2.32. The molecule has 114 valence electrons. The molecule has 0 aliphatic carbocycles. The summed E-state index contributed by atoms with van der Waals surface area (Å²) in [6.45, 7) is 2.08. The summed E-state index contributed by atoms with van der Waals surface area (Å²) in [7, 11) is -0.00757. The Morgan fingerprint density at radius 3 is 2.60 bits per heavy atom. The van der Waals surface area contributed by atoms with E-state index in [1.165, 1.54) is 15.2 Å². The Morgan fingerprint density at radius 1 is 1.45 bits per heavy atom. The average Bonchev–Trinajstić information content (AvgIpc) is 2.77. The lowest BCUT2D eigenvalue weighted by Crippen LogP contribution is -2.39. The smallest absolute Gasteiger partial charge is 0.261 e. The molecule has 0 atom stereocenters. The van der Waals surface area contributed by atoms with Gasteiger partial charge in [-0.25, -0.2) is 8.42 Å². The number of aryl methyl sites for hydroxylation is 1. The van der Waals surface area contributed by atoms with Gasteiger partial charge in [0.2, 0.25) is 0 Å². The molecule has 20 heavy (non-hydrogen) atoms. The molecule has 2 rings (SSSR count). The van der Waals surface area contributed by atoms with Crippen molar-refractivity contribution in [2.45, 2.75) is 24.3 Å². The Kier molecular flexibility index (Phi) is 5.06. The van der Waals surface area contributed by atoms with Crippen molar-refractivity contribution >= 4 is 21.6 Å². The highest BCUT2D eigenvalue weighted by Crippen LogP contribution is 2.28. The topological polar surface area (TPSA) is 67.2 Å². The lowest BCUT2D eigenvalue weighted by Gasteiger charge is -2.31. The van der Waals surface area contributed by atoms with E-state index >= 15 is 0 Å². The Morgan fingerprint density at radius 2 is 2.10 bits per heavy atom. The summed E-state index contributed by atoms with van der Waals surface area (Å²) >= 11 is 5.95. The van der Waals surface area contributed by atoms with E-state index < -0.39 is 10.0 Å². The lowest BCUT2D eigenvalue weighted by atomic mass is 9.95. The minimum absolute atomic E-state index is 0.0906.